The fourth-order valence-corrected chi connectivity index (χ4v) is 2.84. The molecule has 1 saturated heterocycles. The highest BCUT2D eigenvalue weighted by molar-refractivity contribution is 7.99. The molecule has 4 heteroatoms. The summed E-state index contributed by atoms with van der Waals surface area (Å²) in [6.07, 6.45) is 4.38. The van der Waals surface area contributed by atoms with Crippen molar-refractivity contribution in [1.82, 2.24) is 4.57 Å². The average Bonchev–Trinajstić information content (AvgIpc) is 2.25. The maximum absolute atomic E-state index is 11.2. The van der Waals surface area contributed by atoms with E-state index in [-0.39, 0.29) is 5.56 Å². The highest BCUT2D eigenvalue weighted by Gasteiger charge is 2.13. The Kier molecular flexibility index (Phi) is 3.36. The number of hydrogen-bond acceptors (Lipinski definition) is 3. The Labute approximate surface area is 93.9 Å². The summed E-state index contributed by atoms with van der Waals surface area (Å²) in [7, 11) is 1.78. The van der Waals surface area contributed by atoms with Gasteiger partial charge in [0.25, 0.3) is 0 Å². The van der Waals surface area contributed by atoms with Crippen LogP contribution in [0.2, 0.25) is 0 Å². The van der Waals surface area contributed by atoms with Crippen molar-refractivity contribution >= 4 is 17.4 Å². The van der Waals surface area contributed by atoms with Gasteiger partial charge in [0.15, 0.2) is 0 Å². The Morgan fingerprint density at radius 2 is 2.40 bits per heavy atom. The largest absolute Gasteiger partial charge is 0.380 e. The fraction of sp³-hybridized carbons (Fsp3) is 0.545. The minimum absolute atomic E-state index is 0.0403. The maximum atomic E-state index is 11.2. The van der Waals surface area contributed by atoms with Crippen molar-refractivity contribution < 1.29 is 0 Å². The quantitative estimate of drug-likeness (QED) is 0.830. The van der Waals surface area contributed by atoms with Crippen molar-refractivity contribution in [2.45, 2.75) is 18.9 Å². The molecule has 0 aromatic carbocycles. The summed E-state index contributed by atoms with van der Waals surface area (Å²) in [4.78, 5) is 11.2. The molecule has 15 heavy (non-hydrogen) atoms. The maximum Gasteiger partial charge on any atom is 0.250 e. The van der Waals surface area contributed by atoms with Crippen LogP contribution in [0, 0.1) is 0 Å². The van der Waals surface area contributed by atoms with Gasteiger partial charge in [-0.15, -0.1) is 0 Å². The van der Waals surface area contributed by atoms with Crippen molar-refractivity contribution in [2.24, 2.45) is 7.05 Å². The molecule has 1 aromatic rings. The van der Waals surface area contributed by atoms with Crippen molar-refractivity contribution in [1.29, 1.82) is 0 Å². The van der Waals surface area contributed by atoms with E-state index in [1.807, 2.05) is 24.0 Å². The molecule has 1 unspecified atom stereocenters. The number of nitrogens with one attached hydrogen (secondary N) is 1. The van der Waals surface area contributed by atoms with Gasteiger partial charge in [-0.3, -0.25) is 4.79 Å². The van der Waals surface area contributed by atoms with Crippen molar-refractivity contribution in [3.63, 3.8) is 0 Å². The lowest BCUT2D eigenvalue weighted by Gasteiger charge is -2.23. The summed E-state index contributed by atoms with van der Waals surface area (Å²) in [6, 6.07) is 4.03. The average molecular weight is 224 g/mol. The van der Waals surface area contributed by atoms with E-state index in [1.54, 1.807) is 17.7 Å². The van der Waals surface area contributed by atoms with Crippen LogP contribution in [0.1, 0.15) is 12.8 Å². The third kappa shape index (κ3) is 2.78. The summed E-state index contributed by atoms with van der Waals surface area (Å²) < 4.78 is 1.61. The lowest BCUT2D eigenvalue weighted by Crippen LogP contribution is -2.26. The molecule has 1 fully saturated rings. The van der Waals surface area contributed by atoms with E-state index in [2.05, 4.69) is 5.32 Å². The lowest BCUT2D eigenvalue weighted by molar-refractivity contribution is 0.683. The van der Waals surface area contributed by atoms with Gasteiger partial charge >= 0.3 is 0 Å². The highest BCUT2D eigenvalue weighted by Crippen LogP contribution is 2.20. The second-order valence-corrected chi connectivity index (χ2v) is 5.08. The minimum atomic E-state index is 0.0403. The van der Waals surface area contributed by atoms with Gasteiger partial charge in [-0.1, -0.05) is 0 Å². The molecule has 1 aromatic heterocycles. The van der Waals surface area contributed by atoms with Crippen LogP contribution in [0.15, 0.2) is 23.1 Å². The molecule has 0 radical (unpaired) electrons. The Bertz CT molecular complexity index is 382. The second kappa shape index (κ2) is 4.75. The summed E-state index contributed by atoms with van der Waals surface area (Å²) in [5, 5.41) is 3.47. The molecule has 82 valence electrons. The van der Waals surface area contributed by atoms with Gasteiger partial charge in [0, 0.05) is 31.1 Å². The smallest absolute Gasteiger partial charge is 0.250 e. The molecule has 2 rings (SSSR count). The lowest BCUT2D eigenvalue weighted by atomic mass is 10.2. The molecular formula is C11H16N2OS. The van der Waals surface area contributed by atoms with Crippen LogP contribution < -0.4 is 10.9 Å². The number of rotatable bonds is 2. The monoisotopic (exact) mass is 224 g/mol. The molecule has 0 bridgehead atoms. The van der Waals surface area contributed by atoms with Gasteiger partial charge in [0.2, 0.25) is 5.56 Å². The van der Waals surface area contributed by atoms with Gasteiger partial charge < -0.3 is 9.88 Å². The van der Waals surface area contributed by atoms with Gasteiger partial charge in [0.1, 0.15) is 0 Å². The molecule has 1 N–H and O–H groups in total. The Hall–Kier alpha value is -0.900. The standard InChI is InChI=1S/C11H16N2OS/c1-13-7-9(4-5-11(13)14)12-10-3-2-6-15-8-10/h4-5,7,10,12H,2-3,6,8H2,1H3. The molecule has 0 amide bonds. The molecule has 0 saturated carbocycles. The number of nitrogens with zero attached hydrogens (tertiary/aromatic N) is 1. The summed E-state index contributed by atoms with van der Waals surface area (Å²) in [6.45, 7) is 0. The number of hydrogen-bond donors (Lipinski definition) is 1. The van der Waals surface area contributed by atoms with Crippen LogP contribution in [0.25, 0.3) is 0 Å². The number of aromatic nitrogens is 1. The third-order valence-corrected chi connectivity index (χ3v) is 3.83. The number of aryl methyl sites for hydroxylation is 1. The molecule has 0 spiro atoms. The van der Waals surface area contributed by atoms with E-state index < -0.39 is 0 Å². The first-order chi connectivity index (χ1) is 7.25. The van der Waals surface area contributed by atoms with Crippen molar-refractivity contribution in [3.05, 3.63) is 28.7 Å². The second-order valence-electron chi connectivity index (χ2n) is 3.93. The fourth-order valence-electron chi connectivity index (χ4n) is 1.77. The minimum Gasteiger partial charge on any atom is -0.380 e. The van der Waals surface area contributed by atoms with E-state index in [1.165, 1.54) is 24.3 Å². The first-order valence-electron chi connectivity index (χ1n) is 5.27. The molecule has 1 aliphatic heterocycles. The van der Waals surface area contributed by atoms with Crippen LogP contribution >= 0.6 is 11.8 Å². The normalized spacial score (nSPS) is 21.3. The van der Waals surface area contributed by atoms with E-state index in [9.17, 15) is 4.79 Å². The van der Waals surface area contributed by atoms with Crippen LogP contribution in [0.5, 0.6) is 0 Å². The van der Waals surface area contributed by atoms with Crippen LogP contribution in [-0.4, -0.2) is 22.1 Å². The molecule has 3 nitrogen and oxygen atoms in total. The van der Waals surface area contributed by atoms with Gasteiger partial charge in [0.05, 0.1) is 5.69 Å². The van der Waals surface area contributed by atoms with Crippen LogP contribution in [-0.2, 0) is 7.05 Å². The van der Waals surface area contributed by atoms with Gasteiger partial charge in [-0.25, -0.2) is 0 Å². The van der Waals surface area contributed by atoms with Gasteiger partial charge in [-0.2, -0.15) is 11.8 Å². The predicted octanol–water partition coefficient (Wildman–Crippen LogP) is 1.69. The predicted molar refractivity (Wildman–Crippen MR) is 65.7 cm³/mol. The van der Waals surface area contributed by atoms with Crippen LogP contribution in [0.3, 0.4) is 0 Å². The van der Waals surface area contributed by atoms with E-state index in [0.29, 0.717) is 6.04 Å². The molecule has 1 atom stereocenters. The Morgan fingerprint density at radius 1 is 1.53 bits per heavy atom. The third-order valence-electron chi connectivity index (χ3n) is 2.62. The SMILES string of the molecule is Cn1cc(NC2CCCSC2)ccc1=O. The van der Waals surface area contributed by atoms with Crippen molar-refractivity contribution in [3.8, 4) is 0 Å². The van der Waals surface area contributed by atoms with Crippen molar-refractivity contribution in [2.75, 3.05) is 16.8 Å². The molecule has 1 aliphatic rings. The van der Waals surface area contributed by atoms with E-state index in [0.717, 1.165) is 5.69 Å². The zero-order chi connectivity index (χ0) is 10.7. The summed E-state index contributed by atoms with van der Waals surface area (Å²) in [5.41, 5.74) is 1.09. The topological polar surface area (TPSA) is 34.0 Å². The molecule has 0 aliphatic carbocycles. The van der Waals surface area contributed by atoms with E-state index in [4.69, 9.17) is 0 Å². The molecule has 2 heterocycles. The first kappa shape index (κ1) is 10.6. The van der Waals surface area contributed by atoms with Gasteiger partial charge in [-0.05, 0) is 24.7 Å². The highest BCUT2D eigenvalue weighted by atomic mass is 32.2. The summed E-state index contributed by atoms with van der Waals surface area (Å²) in [5.74, 6) is 2.45. The number of thioether (sulfide) groups is 1. The van der Waals surface area contributed by atoms with E-state index >= 15 is 0 Å². The number of anilines is 1. The zero-order valence-electron chi connectivity index (χ0n) is 8.90. The first-order valence-corrected chi connectivity index (χ1v) is 6.42. The zero-order valence-corrected chi connectivity index (χ0v) is 9.72. The number of pyridine rings is 1. The van der Waals surface area contributed by atoms with Crippen LogP contribution in [0.4, 0.5) is 5.69 Å². The Morgan fingerprint density at radius 3 is 3.07 bits per heavy atom. The summed E-state index contributed by atoms with van der Waals surface area (Å²) >= 11 is 2.00. The Balaban J connectivity index is 2.03. The molecular weight excluding hydrogens is 208 g/mol.